The van der Waals surface area contributed by atoms with Crippen LogP contribution in [-0.4, -0.2) is 42.3 Å². The van der Waals surface area contributed by atoms with Gasteiger partial charge in [-0.15, -0.1) is 0 Å². The van der Waals surface area contributed by atoms with Crippen molar-refractivity contribution >= 4 is 38.4 Å². The molecule has 2 aromatic rings. The molecule has 2 aromatic carbocycles. The summed E-state index contributed by atoms with van der Waals surface area (Å²) >= 11 is 1.39. The van der Waals surface area contributed by atoms with Gasteiger partial charge in [0.25, 0.3) is 5.91 Å². The molecule has 0 radical (unpaired) electrons. The molecule has 6 nitrogen and oxygen atoms in total. The molecule has 4 rings (SSSR count). The van der Waals surface area contributed by atoms with Crippen molar-refractivity contribution in [3.8, 4) is 11.5 Å². The molecule has 158 valence electrons. The van der Waals surface area contributed by atoms with Gasteiger partial charge in [0, 0.05) is 16.9 Å². The lowest BCUT2D eigenvalue weighted by molar-refractivity contribution is -0.121. The van der Waals surface area contributed by atoms with Crippen LogP contribution in [0.3, 0.4) is 0 Å². The molecule has 2 saturated heterocycles. The summed E-state index contributed by atoms with van der Waals surface area (Å²) in [5, 5.41) is 0.473. The molecule has 0 spiro atoms. The number of carbonyl (C=O) groups is 1. The van der Waals surface area contributed by atoms with Gasteiger partial charge in [0.15, 0.2) is 15.0 Å². The first kappa shape index (κ1) is 20.9. The maximum absolute atomic E-state index is 12.4. The highest BCUT2D eigenvalue weighted by molar-refractivity contribution is 8.16. The largest absolute Gasteiger partial charge is 0.457 e. The number of sulfone groups is 1. The van der Waals surface area contributed by atoms with Crippen molar-refractivity contribution in [2.75, 3.05) is 16.4 Å². The first-order chi connectivity index (χ1) is 14.4. The SMILES string of the molecule is CC[C@H](C)C(=O)N=C1S[C@H]2CS(=O)(=O)C[C@@H]2N1c1ccc(Oc2ccccc2)cc1. The van der Waals surface area contributed by atoms with Crippen LogP contribution in [0.15, 0.2) is 59.6 Å². The average Bonchev–Trinajstić information content (AvgIpc) is 3.19. The number of anilines is 1. The molecule has 3 atom stereocenters. The zero-order valence-electron chi connectivity index (χ0n) is 16.9. The van der Waals surface area contributed by atoms with E-state index in [0.29, 0.717) is 17.3 Å². The van der Waals surface area contributed by atoms with Gasteiger partial charge in [0.1, 0.15) is 11.5 Å². The number of amidine groups is 1. The van der Waals surface area contributed by atoms with Crippen LogP contribution in [0.2, 0.25) is 0 Å². The van der Waals surface area contributed by atoms with Crippen LogP contribution in [0.25, 0.3) is 0 Å². The fraction of sp³-hybridized carbons (Fsp3) is 0.364. The quantitative estimate of drug-likeness (QED) is 0.690. The minimum atomic E-state index is -3.10. The number of carbonyl (C=O) groups excluding carboxylic acids is 1. The number of fused-ring (bicyclic) bond motifs is 1. The molecule has 0 aliphatic carbocycles. The van der Waals surface area contributed by atoms with Crippen molar-refractivity contribution in [1.82, 2.24) is 0 Å². The van der Waals surface area contributed by atoms with Crippen LogP contribution in [0.4, 0.5) is 5.69 Å². The Bertz CT molecular complexity index is 1050. The minimum absolute atomic E-state index is 0.0729. The van der Waals surface area contributed by atoms with Crippen LogP contribution in [-0.2, 0) is 14.6 Å². The number of amides is 1. The Hall–Kier alpha value is -2.32. The monoisotopic (exact) mass is 444 g/mol. The molecular formula is C22H24N2O4S2. The van der Waals surface area contributed by atoms with E-state index < -0.39 is 9.84 Å². The van der Waals surface area contributed by atoms with Crippen molar-refractivity contribution in [2.24, 2.45) is 10.9 Å². The Kier molecular flexibility index (Phi) is 5.88. The topological polar surface area (TPSA) is 76.0 Å². The Morgan fingerprint density at radius 3 is 2.47 bits per heavy atom. The van der Waals surface area contributed by atoms with Crippen LogP contribution in [0.5, 0.6) is 11.5 Å². The fourth-order valence-corrected chi connectivity index (χ4v) is 7.46. The molecule has 2 heterocycles. The number of rotatable bonds is 5. The van der Waals surface area contributed by atoms with Crippen LogP contribution in [0.1, 0.15) is 20.3 Å². The van der Waals surface area contributed by atoms with E-state index in [9.17, 15) is 13.2 Å². The number of para-hydroxylation sites is 1. The van der Waals surface area contributed by atoms with Crippen molar-refractivity contribution < 1.29 is 17.9 Å². The number of hydrogen-bond acceptors (Lipinski definition) is 5. The van der Waals surface area contributed by atoms with Gasteiger partial charge in [-0.25, -0.2) is 8.42 Å². The maximum Gasteiger partial charge on any atom is 0.250 e. The first-order valence-electron chi connectivity index (χ1n) is 9.98. The third-order valence-electron chi connectivity index (χ3n) is 5.40. The van der Waals surface area contributed by atoms with Gasteiger partial charge < -0.3 is 9.64 Å². The number of ether oxygens (including phenoxy) is 1. The van der Waals surface area contributed by atoms with Crippen LogP contribution < -0.4 is 9.64 Å². The zero-order valence-corrected chi connectivity index (χ0v) is 18.5. The summed E-state index contributed by atoms with van der Waals surface area (Å²) in [6.07, 6.45) is 0.715. The summed E-state index contributed by atoms with van der Waals surface area (Å²) < 4.78 is 30.2. The van der Waals surface area contributed by atoms with Crippen molar-refractivity contribution in [3.05, 3.63) is 54.6 Å². The molecule has 1 amide bonds. The summed E-state index contributed by atoms with van der Waals surface area (Å²) in [5.41, 5.74) is 0.809. The van der Waals surface area contributed by atoms with Gasteiger partial charge in [-0.3, -0.25) is 4.79 Å². The second kappa shape index (κ2) is 8.43. The molecule has 2 fully saturated rings. The molecular weight excluding hydrogens is 420 g/mol. The van der Waals surface area contributed by atoms with E-state index in [0.717, 1.165) is 11.4 Å². The van der Waals surface area contributed by atoms with Gasteiger partial charge >= 0.3 is 0 Å². The second-order valence-corrected chi connectivity index (χ2v) is 11.0. The smallest absolute Gasteiger partial charge is 0.250 e. The first-order valence-corrected chi connectivity index (χ1v) is 12.7. The third kappa shape index (κ3) is 4.39. The van der Waals surface area contributed by atoms with Gasteiger partial charge in [0.05, 0.1) is 17.5 Å². The van der Waals surface area contributed by atoms with Crippen LogP contribution in [0, 0.1) is 5.92 Å². The Morgan fingerprint density at radius 1 is 1.13 bits per heavy atom. The molecule has 0 unspecified atom stereocenters. The number of benzene rings is 2. The van der Waals surface area contributed by atoms with Gasteiger partial charge in [-0.1, -0.05) is 43.8 Å². The van der Waals surface area contributed by atoms with Crippen molar-refractivity contribution in [1.29, 1.82) is 0 Å². The highest BCUT2D eigenvalue weighted by Crippen LogP contribution is 2.41. The highest BCUT2D eigenvalue weighted by Gasteiger charge is 2.49. The van der Waals surface area contributed by atoms with Crippen LogP contribution >= 0.6 is 11.8 Å². The summed E-state index contributed by atoms with van der Waals surface area (Å²) in [6, 6.07) is 16.7. The number of nitrogens with zero attached hydrogens (tertiary/aromatic N) is 2. The molecule has 2 aliphatic rings. The molecule has 0 bridgehead atoms. The lowest BCUT2D eigenvalue weighted by Crippen LogP contribution is -2.37. The summed E-state index contributed by atoms with van der Waals surface area (Å²) in [6.45, 7) is 3.81. The van der Waals surface area contributed by atoms with Gasteiger partial charge in [0.2, 0.25) is 0 Å². The van der Waals surface area contributed by atoms with E-state index in [4.69, 9.17) is 4.74 Å². The molecule has 30 heavy (non-hydrogen) atoms. The summed E-state index contributed by atoms with van der Waals surface area (Å²) in [7, 11) is -3.10. The van der Waals surface area contributed by atoms with E-state index in [2.05, 4.69) is 4.99 Å². The van der Waals surface area contributed by atoms with Crippen molar-refractivity contribution in [3.63, 3.8) is 0 Å². The normalized spacial score (nSPS) is 24.6. The fourth-order valence-electron chi connectivity index (χ4n) is 3.54. The molecule has 0 aromatic heterocycles. The Morgan fingerprint density at radius 2 is 1.80 bits per heavy atom. The Labute approximate surface area is 181 Å². The second-order valence-electron chi connectivity index (χ2n) is 7.62. The predicted octanol–water partition coefficient (Wildman–Crippen LogP) is 4.13. The number of thioether (sulfide) groups is 1. The Balaban J connectivity index is 1.62. The minimum Gasteiger partial charge on any atom is -0.457 e. The average molecular weight is 445 g/mol. The maximum atomic E-state index is 12.4. The third-order valence-corrected chi connectivity index (χ3v) is 8.61. The van der Waals surface area contributed by atoms with Gasteiger partial charge in [-0.05, 0) is 42.8 Å². The van der Waals surface area contributed by atoms with E-state index in [1.807, 2.05) is 73.3 Å². The zero-order chi connectivity index (χ0) is 21.3. The molecule has 8 heteroatoms. The van der Waals surface area contributed by atoms with E-state index in [-0.39, 0.29) is 34.6 Å². The number of hydrogen-bond donors (Lipinski definition) is 0. The lowest BCUT2D eigenvalue weighted by atomic mass is 10.1. The lowest BCUT2D eigenvalue weighted by Gasteiger charge is -2.25. The molecule has 2 aliphatic heterocycles. The predicted molar refractivity (Wildman–Crippen MR) is 121 cm³/mol. The summed E-state index contributed by atoms with van der Waals surface area (Å²) in [5.74, 6) is 1.28. The van der Waals surface area contributed by atoms with E-state index in [1.54, 1.807) is 0 Å². The van der Waals surface area contributed by atoms with Gasteiger partial charge in [-0.2, -0.15) is 4.99 Å². The number of aliphatic imine (C=N–C) groups is 1. The van der Waals surface area contributed by atoms with E-state index in [1.165, 1.54) is 11.8 Å². The highest BCUT2D eigenvalue weighted by atomic mass is 32.2. The summed E-state index contributed by atoms with van der Waals surface area (Å²) in [4.78, 5) is 18.7. The standard InChI is InChI=1S/C22H24N2O4S2/c1-3-15(2)21(25)23-22-24(19-13-30(26,27)14-20(19)29-22)16-9-11-18(12-10-16)28-17-7-5-4-6-8-17/h4-12,15,19-20H,3,13-14H2,1-2H3/t15-,19-,20-/m0/s1. The molecule has 0 N–H and O–H groups in total. The molecule has 0 saturated carbocycles. The van der Waals surface area contributed by atoms with E-state index >= 15 is 0 Å². The van der Waals surface area contributed by atoms with Crippen molar-refractivity contribution in [2.45, 2.75) is 31.6 Å².